The molecule has 1 aromatic heterocycles. The molecule has 4 rings (SSSR count). The second kappa shape index (κ2) is 7.73. The third kappa shape index (κ3) is 3.93. The first-order chi connectivity index (χ1) is 14.7. The topological polar surface area (TPSA) is 118 Å². The van der Waals surface area contributed by atoms with Crippen molar-refractivity contribution < 1.29 is 19.2 Å². The molecule has 31 heavy (non-hydrogen) atoms. The molecule has 0 aliphatic heterocycles. The number of aromatic hydroxyl groups is 1. The molecule has 0 spiro atoms. The lowest BCUT2D eigenvalue weighted by atomic mass is 10.1. The molecular weight excluding hydrogens is 422 g/mol. The average molecular weight is 438 g/mol. The van der Waals surface area contributed by atoms with Crippen molar-refractivity contribution in [3.05, 3.63) is 80.4 Å². The number of carbonyl (C=O) groups is 1. The molecule has 0 fully saturated rings. The van der Waals surface area contributed by atoms with E-state index in [2.05, 4.69) is 10.3 Å². The number of nitrogens with one attached hydrogen (secondary N) is 1. The van der Waals surface area contributed by atoms with E-state index in [0.29, 0.717) is 16.8 Å². The van der Waals surface area contributed by atoms with E-state index in [0.717, 1.165) is 17.2 Å². The Bertz CT molecular complexity index is 1320. The summed E-state index contributed by atoms with van der Waals surface area (Å²) in [4.78, 5) is 27.4. The minimum absolute atomic E-state index is 0.0432. The molecule has 156 valence electrons. The van der Waals surface area contributed by atoms with E-state index in [4.69, 9.17) is 16.0 Å². The number of hydrogen-bond acceptors (Lipinski definition) is 6. The van der Waals surface area contributed by atoms with E-state index in [1.54, 1.807) is 0 Å². The van der Waals surface area contributed by atoms with E-state index in [1.165, 1.54) is 30.3 Å². The van der Waals surface area contributed by atoms with Crippen LogP contribution in [0.1, 0.15) is 21.5 Å². The number of non-ortho nitro benzene ring substituents is 1. The smallest absolute Gasteiger partial charge is 0.270 e. The van der Waals surface area contributed by atoms with Crippen molar-refractivity contribution in [3.63, 3.8) is 0 Å². The van der Waals surface area contributed by atoms with Crippen LogP contribution < -0.4 is 5.32 Å². The van der Waals surface area contributed by atoms with Crippen LogP contribution in [-0.4, -0.2) is 20.9 Å². The Morgan fingerprint density at radius 1 is 1.13 bits per heavy atom. The number of aromatic nitrogens is 1. The molecule has 0 saturated heterocycles. The zero-order chi connectivity index (χ0) is 22.3. The summed E-state index contributed by atoms with van der Waals surface area (Å²) in [6.07, 6.45) is 0. The Morgan fingerprint density at radius 2 is 1.87 bits per heavy atom. The quantitative estimate of drug-likeness (QED) is 0.242. The number of phenolic OH excluding ortho intramolecular Hbond substituents is 1. The molecule has 0 aliphatic carbocycles. The number of amides is 1. The lowest BCUT2D eigenvalue weighted by molar-refractivity contribution is -0.384. The molecule has 0 bridgehead atoms. The predicted octanol–water partition coefficient (Wildman–Crippen LogP) is 5.63. The van der Waals surface area contributed by atoms with Gasteiger partial charge in [0.25, 0.3) is 11.6 Å². The molecule has 9 heteroatoms. The van der Waals surface area contributed by atoms with Crippen molar-refractivity contribution in [1.29, 1.82) is 0 Å². The highest BCUT2D eigenvalue weighted by Crippen LogP contribution is 2.34. The lowest BCUT2D eigenvalue weighted by Crippen LogP contribution is -2.13. The highest BCUT2D eigenvalue weighted by Gasteiger charge is 2.18. The molecule has 1 heterocycles. The van der Waals surface area contributed by atoms with Crippen molar-refractivity contribution in [2.45, 2.75) is 13.8 Å². The summed E-state index contributed by atoms with van der Waals surface area (Å²) in [6, 6.07) is 11.8. The van der Waals surface area contributed by atoms with Crippen LogP contribution >= 0.6 is 11.6 Å². The number of nitro groups is 1. The number of nitrogens with zero attached hydrogens (tertiary/aromatic N) is 2. The highest BCUT2D eigenvalue weighted by molar-refractivity contribution is 6.34. The van der Waals surface area contributed by atoms with Crippen LogP contribution in [0.3, 0.4) is 0 Å². The second-order valence-corrected chi connectivity index (χ2v) is 7.44. The third-order valence-corrected chi connectivity index (χ3v) is 5.22. The Hall–Kier alpha value is -3.91. The van der Waals surface area contributed by atoms with E-state index >= 15 is 0 Å². The van der Waals surface area contributed by atoms with Gasteiger partial charge in [-0.05, 0) is 61.4 Å². The molecule has 1 amide bonds. The zero-order valence-electron chi connectivity index (χ0n) is 16.5. The Labute approximate surface area is 181 Å². The summed E-state index contributed by atoms with van der Waals surface area (Å²) in [7, 11) is 0. The fraction of sp³-hybridized carbons (Fsp3) is 0.0909. The number of nitro benzene ring substituents is 1. The number of halogens is 1. The summed E-state index contributed by atoms with van der Waals surface area (Å²) in [5.74, 6) is -0.512. The number of oxazole rings is 1. The van der Waals surface area contributed by atoms with Gasteiger partial charge in [-0.1, -0.05) is 11.6 Å². The van der Waals surface area contributed by atoms with E-state index in [1.807, 2.05) is 26.0 Å². The Kier molecular flexibility index (Phi) is 5.08. The van der Waals surface area contributed by atoms with Crippen LogP contribution in [0.25, 0.3) is 22.6 Å². The fourth-order valence-electron chi connectivity index (χ4n) is 3.08. The van der Waals surface area contributed by atoms with E-state index < -0.39 is 10.8 Å². The summed E-state index contributed by atoms with van der Waals surface area (Å²) in [5, 5.41) is 24.0. The first-order valence-corrected chi connectivity index (χ1v) is 9.57. The largest absolute Gasteiger partial charge is 0.507 e. The normalized spacial score (nSPS) is 10.9. The van der Waals surface area contributed by atoms with E-state index in [-0.39, 0.29) is 33.5 Å². The van der Waals surface area contributed by atoms with Crippen LogP contribution in [0.15, 0.2) is 52.9 Å². The Morgan fingerprint density at radius 3 is 2.61 bits per heavy atom. The first kappa shape index (κ1) is 20.4. The van der Waals surface area contributed by atoms with Gasteiger partial charge in [0.1, 0.15) is 11.3 Å². The van der Waals surface area contributed by atoms with Gasteiger partial charge in [-0.15, -0.1) is 0 Å². The Balaban J connectivity index is 1.68. The number of rotatable bonds is 4. The van der Waals surface area contributed by atoms with Crippen molar-refractivity contribution in [1.82, 2.24) is 4.98 Å². The molecule has 0 atom stereocenters. The van der Waals surface area contributed by atoms with Gasteiger partial charge in [0.2, 0.25) is 5.89 Å². The number of aryl methyl sites for hydroxylation is 2. The second-order valence-electron chi connectivity index (χ2n) is 7.03. The summed E-state index contributed by atoms with van der Waals surface area (Å²) in [6.45, 7) is 3.93. The number of anilines is 1. The van der Waals surface area contributed by atoms with Crippen LogP contribution in [0.5, 0.6) is 5.75 Å². The molecule has 2 N–H and O–H groups in total. The predicted molar refractivity (Wildman–Crippen MR) is 117 cm³/mol. The lowest BCUT2D eigenvalue weighted by Gasteiger charge is -2.09. The van der Waals surface area contributed by atoms with Gasteiger partial charge in [-0.25, -0.2) is 4.98 Å². The molecule has 8 nitrogen and oxygen atoms in total. The van der Waals surface area contributed by atoms with Gasteiger partial charge < -0.3 is 14.8 Å². The van der Waals surface area contributed by atoms with Gasteiger partial charge in [0.05, 0.1) is 21.1 Å². The van der Waals surface area contributed by atoms with Gasteiger partial charge >= 0.3 is 0 Å². The van der Waals surface area contributed by atoms with Gasteiger partial charge in [0, 0.05) is 17.8 Å². The van der Waals surface area contributed by atoms with Crippen LogP contribution in [-0.2, 0) is 0 Å². The average Bonchev–Trinajstić information content (AvgIpc) is 3.12. The van der Waals surface area contributed by atoms with Crippen LogP contribution in [0.4, 0.5) is 11.4 Å². The summed E-state index contributed by atoms with van der Waals surface area (Å²) >= 11 is 6.04. The monoisotopic (exact) mass is 437 g/mol. The molecule has 0 saturated carbocycles. The van der Waals surface area contributed by atoms with Gasteiger partial charge in [0.15, 0.2) is 5.58 Å². The van der Waals surface area contributed by atoms with Crippen molar-refractivity contribution >= 4 is 40.0 Å². The first-order valence-electron chi connectivity index (χ1n) is 9.19. The molecular formula is C22H16ClN3O5. The molecule has 3 aromatic carbocycles. The van der Waals surface area contributed by atoms with Gasteiger partial charge in [-0.2, -0.15) is 0 Å². The number of phenols is 1. The molecule has 4 aromatic rings. The summed E-state index contributed by atoms with van der Waals surface area (Å²) < 4.78 is 5.80. The fourth-order valence-corrected chi connectivity index (χ4v) is 3.28. The van der Waals surface area contributed by atoms with Gasteiger partial charge in [-0.3, -0.25) is 14.9 Å². The number of fused-ring (bicyclic) bond motifs is 1. The molecule has 0 radical (unpaired) electrons. The standard InChI is InChI=1S/C22H16ClN3O5/c1-11-7-18-20(8-12(11)2)31-22(25-18)16-9-13(3-6-19(16)27)24-21(28)15-10-14(26(29)30)4-5-17(15)23/h3-10,27H,1-2H3,(H,24,28). The maximum atomic E-state index is 12.6. The van der Waals surface area contributed by atoms with E-state index in [9.17, 15) is 20.0 Å². The SMILES string of the molecule is Cc1cc2nc(-c3cc(NC(=O)c4cc([N+](=O)[O-])ccc4Cl)ccc3O)oc2cc1C. The summed E-state index contributed by atoms with van der Waals surface area (Å²) in [5.41, 5.74) is 3.66. The minimum Gasteiger partial charge on any atom is -0.507 e. The maximum absolute atomic E-state index is 12.6. The van der Waals surface area contributed by atoms with Crippen molar-refractivity contribution in [2.24, 2.45) is 0 Å². The zero-order valence-corrected chi connectivity index (χ0v) is 17.2. The number of benzene rings is 3. The highest BCUT2D eigenvalue weighted by atomic mass is 35.5. The number of carbonyl (C=O) groups excluding carboxylic acids is 1. The molecule has 0 aliphatic rings. The third-order valence-electron chi connectivity index (χ3n) is 4.89. The maximum Gasteiger partial charge on any atom is 0.270 e. The number of hydrogen-bond donors (Lipinski definition) is 2. The van der Waals surface area contributed by atoms with Crippen LogP contribution in [0.2, 0.25) is 5.02 Å². The van der Waals surface area contributed by atoms with Crippen molar-refractivity contribution in [3.8, 4) is 17.2 Å². The molecule has 0 unspecified atom stereocenters. The minimum atomic E-state index is -0.630. The van der Waals surface area contributed by atoms with Crippen LogP contribution in [0, 0.1) is 24.0 Å². The van der Waals surface area contributed by atoms with Crippen molar-refractivity contribution in [2.75, 3.05) is 5.32 Å².